The number of hydrogen-bond acceptors (Lipinski definition) is 3. The molecule has 0 fully saturated rings. The quantitative estimate of drug-likeness (QED) is 0.553. The number of benzene rings is 2. The van der Waals surface area contributed by atoms with Crippen molar-refractivity contribution in [2.24, 2.45) is 0 Å². The molecule has 0 spiro atoms. The predicted octanol–water partition coefficient (Wildman–Crippen LogP) is 2.50. The molecule has 7 heteroatoms. The molecular formula is C19H19IN4O2. The molecule has 0 atom stereocenters. The summed E-state index contributed by atoms with van der Waals surface area (Å²) in [4.78, 5) is 28.6. The van der Waals surface area contributed by atoms with Gasteiger partial charge in [0.25, 0.3) is 5.91 Å². The monoisotopic (exact) mass is 462 g/mol. The number of carbonyl (C=O) groups is 2. The van der Waals surface area contributed by atoms with E-state index in [0.717, 1.165) is 20.4 Å². The van der Waals surface area contributed by atoms with E-state index in [1.165, 1.54) is 0 Å². The lowest BCUT2D eigenvalue weighted by Gasteiger charge is -2.10. The van der Waals surface area contributed by atoms with Crippen LogP contribution in [-0.4, -0.2) is 34.5 Å². The molecule has 26 heavy (non-hydrogen) atoms. The first kappa shape index (κ1) is 18.4. The van der Waals surface area contributed by atoms with Gasteiger partial charge >= 0.3 is 0 Å². The normalized spacial score (nSPS) is 10.7. The van der Waals surface area contributed by atoms with E-state index in [9.17, 15) is 9.59 Å². The summed E-state index contributed by atoms with van der Waals surface area (Å²) in [6, 6.07) is 15.2. The number of halogens is 1. The number of rotatable bonds is 6. The summed E-state index contributed by atoms with van der Waals surface area (Å²) in [5, 5.41) is 5.48. The van der Waals surface area contributed by atoms with Crippen LogP contribution in [0.1, 0.15) is 16.2 Å². The van der Waals surface area contributed by atoms with Crippen molar-refractivity contribution in [3.63, 3.8) is 0 Å². The van der Waals surface area contributed by atoms with Gasteiger partial charge in [0.05, 0.1) is 23.1 Å². The minimum atomic E-state index is -0.249. The highest BCUT2D eigenvalue weighted by Crippen LogP contribution is 2.14. The van der Waals surface area contributed by atoms with E-state index in [0.29, 0.717) is 18.7 Å². The Kier molecular flexibility index (Phi) is 5.87. The third-order valence-corrected chi connectivity index (χ3v) is 4.97. The van der Waals surface area contributed by atoms with E-state index in [-0.39, 0.29) is 18.4 Å². The molecule has 6 nitrogen and oxygen atoms in total. The molecule has 2 N–H and O–H groups in total. The van der Waals surface area contributed by atoms with Gasteiger partial charge in [-0.25, -0.2) is 4.98 Å². The van der Waals surface area contributed by atoms with E-state index in [2.05, 4.69) is 42.8 Å². The Morgan fingerprint density at radius 1 is 1.08 bits per heavy atom. The highest BCUT2D eigenvalue weighted by atomic mass is 127. The van der Waals surface area contributed by atoms with Crippen LogP contribution in [0.2, 0.25) is 0 Å². The van der Waals surface area contributed by atoms with E-state index in [4.69, 9.17) is 0 Å². The summed E-state index contributed by atoms with van der Waals surface area (Å²) in [5.41, 5.74) is 2.56. The molecule has 2 amide bonds. The van der Waals surface area contributed by atoms with Crippen LogP contribution in [0.3, 0.4) is 0 Å². The number of para-hydroxylation sites is 2. The van der Waals surface area contributed by atoms with Crippen LogP contribution in [0.4, 0.5) is 0 Å². The fraction of sp³-hybridized carbons (Fsp3) is 0.211. The number of nitrogens with zero attached hydrogens (tertiary/aromatic N) is 2. The first-order chi connectivity index (χ1) is 12.6. The van der Waals surface area contributed by atoms with Gasteiger partial charge < -0.3 is 15.2 Å². The zero-order chi connectivity index (χ0) is 18.5. The van der Waals surface area contributed by atoms with Crippen molar-refractivity contribution >= 4 is 45.4 Å². The standard InChI is InChI=1S/C19H19IN4O2/c1-13-23-16-8-4-5-9-17(16)24(13)11-10-21-18(25)12-22-19(26)14-6-2-3-7-15(14)20/h2-9H,10-12H2,1H3,(H,21,25)(H,22,26). The molecule has 0 aliphatic carbocycles. The summed E-state index contributed by atoms with van der Waals surface area (Å²) in [6.45, 7) is 3.00. The molecule has 0 aliphatic heterocycles. The number of carbonyl (C=O) groups excluding carboxylic acids is 2. The van der Waals surface area contributed by atoms with Crippen molar-refractivity contribution in [2.75, 3.05) is 13.1 Å². The lowest BCUT2D eigenvalue weighted by molar-refractivity contribution is -0.120. The van der Waals surface area contributed by atoms with Crippen molar-refractivity contribution in [1.82, 2.24) is 20.2 Å². The van der Waals surface area contributed by atoms with Gasteiger partial charge in [-0.1, -0.05) is 24.3 Å². The van der Waals surface area contributed by atoms with Crippen molar-refractivity contribution in [3.8, 4) is 0 Å². The van der Waals surface area contributed by atoms with Crippen LogP contribution in [-0.2, 0) is 11.3 Å². The van der Waals surface area contributed by atoms with E-state index >= 15 is 0 Å². The van der Waals surface area contributed by atoms with Gasteiger partial charge in [0.1, 0.15) is 5.82 Å². The SMILES string of the molecule is Cc1nc2ccccc2n1CCNC(=O)CNC(=O)c1ccccc1I. The maximum Gasteiger partial charge on any atom is 0.252 e. The maximum absolute atomic E-state index is 12.1. The van der Waals surface area contributed by atoms with Gasteiger partial charge in [-0.05, 0) is 53.8 Å². The number of nitrogens with one attached hydrogen (secondary N) is 2. The van der Waals surface area contributed by atoms with Gasteiger partial charge in [0, 0.05) is 16.7 Å². The molecule has 134 valence electrons. The molecule has 0 unspecified atom stereocenters. The molecule has 1 heterocycles. The number of amides is 2. The smallest absolute Gasteiger partial charge is 0.252 e. The number of hydrogen-bond donors (Lipinski definition) is 2. The Morgan fingerprint density at radius 2 is 1.81 bits per heavy atom. The van der Waals surface area contributed by atoms with Crippen molar-refractivity contribution in [3.05, 3.63) is 63.5 Å². The van der Waals surface area contributed by atoms with Crippen molar-refractivity contribution in [2.45, 2.75) is 13.5 Å². The number of imidazole rings is 1. The highest BCUT2D eigenvalue weighted by molar-refractivity contribution is 14.1. The van der Waals surface area contributed by atoms with Crippen molar-refractivity contribution < 1.29 is 9.59 Å². The van der Waals surface area contributed by atoms with Crippen LogP contribution in [0.25, 0.3) is 11.0 Å². The number of fused-ring (bicyclic) bond motifs is 1. The fourth-order valence-corrected chi connectivity index (χ4v) is 3.38. The summed E-state index contributed by atoms with van der Waals surface area (Å²) in [6.07, 6.45) is 0. The average molecular weight is 462 g/mol. The summed E-state index contributed by atoms with van der Waals surface area (Å²) >= 11 is 2.10. The molecule has 0 saturated heterocycles. The molecule has 1 aromatic heterocycles. The molecule has 0 saturated carbocycles. The Bertz CT molecular complexity index is 952. The predicted molar refractivity (Wildman–Crippen MR) is 109 cm³/mol. The van der Waals surface area contributed by atoms with Crippen LogP contribution >= 0.6 is 22.6 Å². The van der Waals surface area contributed by atoms with Gasteiger partial charge in [-0.2, -0.15) is 0 Å². The Hall–Kier alpha value is -2.42. The van der Waals surface area contributed by atoms with E-state index in [1.54, 1.807) is 12.1 Å². The minimum absolute atomic E-state index is 0.0481. The van der Waals surface area contributed by atoms with E-state index in [1.807, 2.05) is 43.3 Å². The first-order valence-electron chi connectivity index (χ1n) is 8.27. The third kappa shape index (κ3) is 4.21. The van der Waals surface area contributed by atoms with Gasteiger partial charge in [0.2, 0.25) is 5.91 Å². The van der Waals surface area contributed by atoms with Crippen molar-refractivity contribution in [1.29, 1.82) is 0 Å². The largest absolute Gasteiger partial charge is 0.353 e. The first-order valence-corrected chi connectivity index (χ1v) is 9.35. The third-order valence-electron chi connectivity index (χ3n) is 4.03. The zero-order valence-electron chi connectivity index (χ0n) is 14.3. The second-order valence-electron chi connectivity index (χ2n) is 5.81. The lowest BCUT2D eigenvalue weighted by Crippen LogP contribution is -2.38. The van der Waals surface area contributed by atoms with Crippen LogP contribution in [0.5, 0.6) is 0 Å². The molecule has 0 aliphatic rings. The van der Waals surface area contributed by atoms with Crippen LogP contribution in [0, 0.1) is 10.5 Å². The second kappa shape index (κ2) is 8.31. The molecule has 3 aromatic rings. The van der Waals surface area contributed by atoms with Gasteiger partial charge in [0.15, 0.2) is 0 Å². The number of aromatic nitrogens is 2. The summed E-state index contributed by atoms with van der Waals surface area (Å²) < 4.78 is 2.92. The Balaban J connectivity index is 1.49. The molecular weight excluding hydrogens is 443 g/mol. The average Bonchev–Trinajstić information content (AvgIpc) is 2.95. The van der Waals surface area contributed by atoms with Gasteiger partial charge in [-0.3, -0.25) is 9.59 Å². The van der Waals surface area contributed by atoms with Crippen LogP contribution in [0.15, 0.2) is 48.5 Å². The molecule has 0 bridgehead atoms. The second-order valence-corrected chi connectivity index (χ2v) is 6.97. The Labute approximate surface area is 165 Å². The molecule has 0 radical (unpaired) electrons. The summed E-state index contributed by atoms with van der Waals surface area (Å²) in [7, 11) is 0. The summed E-state index contributed by atoms with van der Waals surface area (Å²) in [5.74, 6) is 0.445. The highest BCUT2D eigenvalue weighted by Gasteiger charge is 2.11. The van der Waals surface area contributed by atoms with Gasteiger partial charge in [-0.15, -0.1) is 0 Å². The fourth-order valence-electron chi connectivity index (χ4n) is 2.75. The zero-order valence-corrected chi connectivity index (χ0v) is 16.5. The molecule has 2 aromatic carbocycles. The minimum Gasteiger partial charge on any atom is -0.353 e. The lowest BCUT2D eigenvalue weighted by atomic mass is 10.2. The number of aryl methyl sites for hydroxylation is 1. The van der Waals surface area contributed by atoms with E-state index < -0.39 is 0 Å². The Morgan fingerprint density at radius 3 is 2.62 bits per heavy atom. The maximum atomic E-state index is 12.1. The molecule has 3 rings (SSSR count). The van der Waals surface area contributed by atoms with Crippen LogP contribution < -0.4 is 10.6 Å². The topological polar surface area (TPSA) is 76.0 Å².